The summed E-state index contributed by atoms with van der Waals surface area (Å²) in [7, 11) is 3.66. The first-order valence-electron chi connectivity index (χ1n) is 16.2. The number of fused-ring (bicyclic) bond motifs is 2. The maximum Gasteiger partial charge on any atom is 0.240 e. The number of ether oxygens (including phenoxy) is 2. The number of amides is 1. The second kappa shape index (κ2) is 12.5. The molecule has 6 rings (SSSR count). The Balaban J connectivity index is 1.31. The lowest BCUT2D eigenvalue weighted by Gasteiger charge is -2.62. The number of hydrogen-bond acceptors (Lipinski definition) is 7. The van der Waals surface area contributed by atoms with Crippen LogP contribution >= 0.6 is 0 Å². The summed E-state index contributed by atoms with van der Waals surface area (Å²) in [5.74, 6) is 2.40. The average Bonchev–Trinajstić information content (AvgIpc) is 3.32. The van der Waals surface area contributed by atoms with Gasteiger partial charge < -0.3 is 25.0 Å². The molecule has 1 amide bonds. The first kappa shape index (κ1) is 30.7. The number of methoxy groups -OCH3 is 2. The van der Waals surface area contributed by atoms with E-state index in [1.807, 2.05) is 19.3 Å². The van der Waals surface area contributed by atoms with Crippen LogP contribution in [0.2, 0.25) is 0 Å². The predicted octanol–water partition coefficient (Wildman–Crippen LogP) is 3.78. The van der Waals surface area contributed by atoms with Crippen molar-refractivity contribution >= 4 is 5.91 Å². The molecule has 13 atom stereocenters. The Morgan fingerprint density at radius 3 is 2.48 bits per heavy atom. The highest BCUT2D eigenvalue weighted by atomic mass is 16.7. The van der Waals surface area contributed by atoms with Gasteiger partial charge in [0.15, 0.2) is 0 Å². The van der Waals surface area contributed by atoms with E-state index in [0.29, 0.717) is 47.7 Å². The highest BCUT2D eigenvalue weighted by Gasteiger charge is 2.57. The maximum absolute atomic E-state index is 14.0. The molecule has 230 valence electrons. The molecule has 8 heteroatoms. The summed E-state index contributed by atoms with van der Waals surface area (Å²) in [5, 5.41) is 26.2. The second-order valence-electron chi connectivity index (χ2n) is 14.6. The number of aliphatic hydroxyl groups excluding tert-OH is 2. The van der Waals surface area contributed by atoms with E-state index in [0.717, 1.165) is 38.5 Å². The van der Waals surface area contributed by atoms with E-state index < -0.39 is 24.2 Å². The van der Waals surface area contributed by atoms with Gasteiger partial charge in [-0.1, -0.05) is 33.6 Å². The van der Waals surface area contributed by atoms with Crippen LogP contribution in [0.25, 0.3) is 0 Å². The normalized spacial score (nSPS) is 46.0. The van der Waals surface area contributed by atoms with Crippen molar-refractivity contribution < 1.29 is 29.3 Å². The number of nitrogens with zero attached hydrogens (tertiary/aromatic N) is 1. The van der Waals surface area contributed by atoms with E-state index in [-0.39, 0.29) is 30.6 Å². The predicted molar refractivity (Wildman–Crippen MR) is 153 cm³/mol. The summed E-state index contributed by atoms with van der Waals surface area (Å²) < 4.78 is 12.0. The molecule has 5 aliphatic carbocycles. The van der Waals surface area contributed by atoms with Crippen molar-refractivity contribution in [1.82, 2.24) is 10.4 Å². The Labute approximate surface area is 241 Å². The SMILES string of the molecule is COC1CCCC(C2CCCC(CN3O[C@@H](CO)[C@H]([C@H](C)O)[C@H]3C(=O)N[C@H]3C[C@H]4C[C@@H]([C@@H]3C)C4(C)C)C2OC)C1. The zero-order valence-electron chi connectivity index (χ0n) is 25.8. The fraction of sp³-hybridized carbons (Fsp3) is 0.969. The zero-order chi connectivity index (χ0) is 28.8. The lowest BCUT2D eigenvalue weighted by molar-refractivity contribution is -0.193. The van der Waals surface area contributed by atoms with Crippen molar-refractivity contribution in [3.63, 3.8) is 0 Å². The van der Waals surface area contributed by atoms with E-state index in [4.69, 9.17) is 14.3 Å². The van der Waals surface area contributed by atoms with Crippen molar-refractivity contribution in [1.29, 1.82) is 0 Å². The van der Waals surface area contributed by atoms with Crippen LogP contribution in [0.15, 0.2) is 0 Å². The lowest BCUT2D eigenvalue weighted by Crippen LogP contribution is -2.62. The molecular formula is C32H56N2O6. The molecule has 0 radical (unpaired) electrons. The number of hydrogen-bond donors (Lipinski definition) is 3. The highest BCUT2D eigenvalue weighted by Crippen LogP contribution is 2.61. The van der Waals surface area contributed by atoms with Crippen LogP contribution in [-0.4, -0.2) is 85.1 Å². The van der Waals surface area contributed by atoms with Crippen LogP contribution < -0.4 is 5.32 Å². The molecular weight excluding hydrogens is 508 g/mol. The molecule has 0 aromatic rings. The Hall–Kier alpha value is -0.770. The number of nitrogens with one attached hydrogen (secondary N) is 1. The molecule has 2 bridgehead atoms. The van der Waals surface area contributed by atoms with E-state index in [1.54, 1.807) is 6.92 Å². The van der Waals surface area contributed by atoms with Gasteiger partial charge >= 0.3 is 0 Å². The molecule has 0 aromatic carbocycles. The first-order valence-corrected chi connectivity index (χ1v) is 16.2. The fourth-order valence-electron chi connectivity index (χ4n) is 9.88. The molecule has 1 aliphatic heterocycles. The smallest absolute Gasteiger partial charge is 0.240 e. The highest BCUT2D eigenvalue weighted by molar-refractivity contribution is 5.82. The van der Waals surface area contributed by atoms with Crippen LogP contribution in [0.3, 0.4) is 0 Å². The molecule has 6 fully saturated rings. The molecule has 6 aliphatic rings. The molecule has 5 unspecified atom stereocenters. The first-order chi connectivity index (χ1) is 19.1. The molecule has 0 aromatic heterocycles. The summed E-state index contributed by atoms with van der Waals surface area (Å²) in [6.45, 7) is 9.07. The van der Waals surface area contributed by atoms with E-state index in [1.165, 1.54) is 19.3 Å². The van der Waals surface area contributed by atoms with Gasteiger partial charge in [-0.3, -0.25) is 9.63 Å². The van der Waals surface area contributed by atoms with Crippen molar-refractivity contribution in [2.75, 3.05) is 27.4 Å². The van der Waals surface area contributed by atoms with Crippen molar-refractivity contribution in [2.24, 2.45) is 46.8 Å². The summed E-state index contributed by atoms with van der Waals surface area (Å²) in [4.78, 5) is 20.3. The van der Waals surface area contributed by atoms with Crippen molar-refractivity contribution in [3.05, 3.63) is 0 Å². The van der Waals surface area contributed by atoms with Gasteiger partial charge in [0.2, 0.25) is 5.91 Å². The summed E-state index contributed by atoms with van der Waals surface area (Å²) >= 11 is 0. The van der Waals surface area contributed by atoms with Crippen LogP contribution in [0, 0.1) is 46.8 Å². The molecule has 1 heterocycles. The van der Waals surface area contributed by atoms with E-state index >= 15 is 0 Å². The third kappa shape index (κ3) is 5.62. The van der Waals surface area contributed by atoms with Crippen LogP contribution in [0.1, 0.15) is 85.5 Å². The third-order valence-electron chi connectivity index (χ3n) is 12.4. The van der Waals surface area contributed by atoms with Gasteiger partial charge in [-0.15, -0.1) is 0 Å². The largest absolute Gasteiger partial charge is 0.394 e. The average molecular weight is 565 g/mol. The monoisotopic (exact) mass is 564 g/mol. The Kier molecular flexibility index (Phi) is 9.55. The molecule has 40 heavy (non-hydrogen) atoms. The van der Waals surface area contributed by atoms with Crippen LogP contribution in [-0.2, 0) is 19.1 Å². The minimum Gasteiger partial charge on any atom is -0.394 e. The number of hydroxylamine groups is 2. The minimum absolute atomic E-state index is 0.0747. The summed E-state index contributed by atoms with van der Waals surface area (Å²) in [5.41, 5.74) is 0.349. The Morgan fingerprint density at radius 1 is 1.10 bits per heavy atom. The van der Waals surface area contributed by atoms with Gasteiger partial charge in [0.05, 0.1) is 24.9 Å². The van der Waals surface area contributed by atoms with E-state index in [2.05, 4.69) is 26.1 Å². The van der Waals surface area contributed by atoms with Gasteiger partial charge in [-0.25, -0.2) is 0 Å². The van der Waals surface area contributed by atoms with E-state index in [9.17, 15) is 15.0 Å². The topological polar surface area (TPSA) is 100 Å². The molecule has 1 saturated heterocycles. The van der Waals surface area contributed by atoms with Crippen molar-refractivity contribution in [2.45, 2.75) is 122 Å². The number of rotatable bonds is 9. The third-order valence-corrected chi connectivity index (χ3v) is 12.4. The minimum atomic E-state index is -0.778. The number of carbonyl (C=O) groups is 1. The van der Waals surface area contributed by atoms with Gasteiger partial charge in [-0.05, 0) is 86.9 Å². The quantitative estimate of drug-likeness (QED) is 0.392. The van der Waals surface area contributed by atoms with Crippen LogP contribution in [0.5, 0.6) is 0 Å². The van der Waals surface area contributed by atoms with Gasteiger partial charge in [-0.2, -0.15) is 5.06 Å². The molecule has 3 N–H and O–H groups in total. The number of carbonyl (C=O) groups excluding carboxylic acids is 1. The number of aliphatic hydroxyl groups is 2. The van der Waals surface area contributed by atoms with Gasteiger partial charge in [0, 0.05) is 38.6 Å². The zero-order valence-corrected chi connectivity index (χ0v) is 25.8. The maximum atomic E-state index is 14.0. The Bertz CT molecular complexity index is 868. The summed E-state index contributed by atoms with van der Waals surface area (Å²) in [6, 6.07) is -0.499. The lowest BCUT2D eigenvalue weighted by atomic mass is 9.45. The second-order valence-corrected chi connectivity index (χ2v) is 14.6. The fourth-order valence-corrected chi connectivity index (χ4v) is 9.88. The molecule has 0 spiro atoms. The standard InChI is InChI=1S/C32H56N2O6/c1-18-25-14-22(32(25,3)4)15-26(18)33-31(37)29-28(19(2)36)27(17-35)40-34(29)16-21-10-8-12-24(30(21)39-6)20-9-7-11-23(13-20)38-5/h18-30,35-36H,7-17H2,1-6H3,(H,33,37)/t18-,19-,20?,21?,22+,23?,24?,25-,26-,27-,28-,29-,30?/m0/s1. The Morgan fingerprint density at radius 2 is 1.85 bits per heavy atom. The van der Waals surface area contributed by atoms with Crippen LogP contribution in [0.4, 0.5) is 0 Å². The van der Waals surface area contributed by atoms with Gasteiger partial charge in [0.1, 0.15) is 12.1 Å². The van der Waals surface area contributed by atoms with Gasteiger partial charge in [0.25, 0.3) is 0 Å². The molecule has 5 saturated carbocycles. The summed E-state index contributed by atoms with van der Waals surface area (Å²) in [6.07, 6.45) is 9.27. The molecule has 8 nitrogen and oxygen atoms in total. The van der Waals surface area contributed by atoms with Crippen molar-refractivity contribution in [3.8, 4) is 0 Å².